The number of hydrogen-bond donors (Lipinski definition) is 0. The lowest BCUT2D eigenvalue weighted by molar-refractivity contribution is -0.137. The lowest BCUT2D eigenvalue weighted by Gasteiger charge is -2.32. The quantitative estimate of drug-likeness (QED) is 0.771. The minimum Gasteiger partial charge on any atom is -0.497 e. The Morgan fingerprint density at radius 2 is 1.90 bits per heavy atom. The molecule has 0 saturated carbocycles. The van der Waals surface area contributed by atoms with Crippen molar-refractivity contribution in [1.82, 2.24) is 4.90 Å². The highest BCUT2D eigenvalue weighted by atomic mass is 16.5. The van der Waals surface area contributed by atoms with Gasteiger partial charge in [0.25, 0.3) is 0 Å². The maximum Gasteiger partial charge on any atom is 0.229 e. The van der Waals surface area contributed by atoms with Gasteiger partial charge in [-0.2, -0.15) is 0 Å². The molecule has 2 heterocycles. The van der Waals surface area contributed by atoms with Crippen molar-refractivity contribution in [3.63, 3.8) is 0 Å². The first kappa shape index (κ1) is 19.4. The first-order valence-electron chi connectivity index (χ1n) is 9.97. The lowest BCUT2D eigenvalue weighted by Crippen LogP contribution is -2.40. The van der Waals surface area contributed by atoms with E-state index in [4.69, 9.17) is 18.9 Å². The summed E-state index contributed by atoms with van der Waals surface area (Å²) in [7, 11) is 4.92. The Hall–Kier alpha value is -2.89. The Bertz CT molecular complexity index is 897. The summed E-state index contributed by atoms with van der Waals surface area (Å²) in [6.07, 6.45) is 2.56. The fourth-order valence-corrected chi connectivity index (χ4v) is 4.40. The van der Waals surface area contributed by atoms with Crippen LogP contribution in [0.1, 0.15) is 30.0 Å². The summed E-state index contributed by atoms with van der Waals surface area (Å²) in [6, 6.07) is 11.6. The molecule has 154 valence electrons. The summed E-state index contributed by atoms with van der Waals surface area (Å²) in [5.74, 6) is 2.92. The molecule has 0 radical (unpaired) electrons. The van der Waals surface area contributed by atoms with E-state index in [2.05, 4.69) is 0 Å². The van der Waals surface area contributed by atoms with Crippen LogP contribution < -0.4 is 18.9 Å². The molecule has 1 amide bonds. The predicted molar refractivity (Wildman–Crippen MR) is 109 cm³/mol. The van der Waals surface area contributed by atoms with Gasteiger partial charge in [0.05, 0.1) is 33.3 Å². The number of benzene rings is 2. The summed E-state index contributed by atoms with van der Waals surface area (Å²) in [5, 5.41) is 0. The molecule has 2 aliphatic rings. The molecule has 1 saturated heterocycles. The zero-order chi connectivity index (χ0) is 20.4. The van der Waals surface area contributed by atoms with Crippen LogP contribution in [0.4, 0.5) is 0 Å². The summed E-state index contributed by atoms with van der Waals surface area (Å²) in [5.41, 5.74) is 2.05. The third kappa shape index (κ3) is 3.59. The molecule has 0 aromatic heterocycles. The number of rotatable bonds is 5. The molecule has 2 aromatic carbocycles. The molecule has 1 fully saturated rings. The number of methoxy groups -OCH3 is 3. The SMILES string of the molecule is COc1ccc([C@@H]2CCCN2C(=O)[C@@H]2COc3c(cccc3OC)C2)c(OC)c1. The van der Waals surface area contributed by atoms with Gasteiger partial charge in [-0.15, -0.1) is 0 Å². The maximum absolute atomic E-state index is 13.4. The van der Waals surface area contributed by atoms with Crippen molar-refractivity contribution in [3.05, 3.63) is 47.5 Å². The smallest absolute Gasteiger partial charge is 0.229 e. The molecule has 0 aliphatic carbocycles. The first-order valence-corrected chi connectivity index (χ1v) is 9.97. The van der Waals surface area contributed by atoms with E-state index < -0.39 is 0 Å². The summed E-state index contributed by atoms with van der Waals surface area (Å²) in [6.45, 7) is 1.12. The normalized spacial score (nSPS) is 20.6. The Balaban J connectivity index is 1.56. The Labute approximate surface area is 171 Å². The molecule has 0 N–H and O–H groups in total. The van der Waals surface area contributed by atoms with Gasteiger partial charge in [0.2, 0.25) is 5.91 Å². The molecule has 2 aromatic rings. The van der Waals surface area contributed by atoms with Gasteiger partial charge in [-0.1, -0.05) is 12.1 Å². The van der Waals surface area contributed by atoms with E-state index in [0.717, 1.165) is 53.5 Å². The summed E-state index contributed by atoms with van der Waals surface area (Å²) in [4.78, 5) is 15.4. The van der Waals surface area contributed by atoms with Crippen LogP contribution in [-0.4, -0.2) is 45.3 Å². The minimum atomic E-state index is -0.195. The summed E-state index contributed by atoms with van der Waals surface area (Å²) < 4.78 is 22.2. The van der Waals surface area contributed by atoms with E-state index in [1.165, 1.54) is 0 Å². The van der Waals surface area contributed by atoms with Gasteiger partial charge in [-0.05, 0) is 43.0 Å². The predicted octanol–water partition coefficient (Wildman–Crippen LogP) is 3.63. The van der Waals surface area contributed by atoms with Crippen molar-refractivity contribution in [1.29, 1.82) is 0 Å². The largest absolute Gasteiger partial charge is 0.497 e. The second-order valence-corrected chi connectivity index (χ2v) is 7.46. The molecule has 6 nitrogen and oxygen atoms in total. The number of likely N-dealkylation sites (tertiary alicyclic amines) is 1. The number of para-hydroxylation sites is 1. The van der Waals surface area contributed by atoms with E-state index in [1.54, 1.807) is 21.3 Å². The zero-order valence-electron chi connectivity index (χ0n) is 17.1. The van der Waals surface area contributed by atoms with Gasteiger partial charge in [0, 0.05) is 18.2 Å². The van der Waals surface area contributed by atoms with E-state index in [1.807, 2.05) is 41.3 Å². The molecule has 0 unspecified atom stereocenters. The van der Waals surface area contributed by atoms with Crippen molar-refractivity contribution in [2.45, 2.75) is 25.3 Å². The van der Waals surface area contributed by atoms with Crippen molar-refractivity contribution >= 4 is 5.91 Å². The molecular weight excluding hydrogens is 370 g/mol. The highest BCUT2D eigenvalue weighted by Crippen LogP contribution is 2.41. The first-order chi connectivity index (χ1) is 14.2. The van der Waals surface area contributed by atoms with E-state index >= 15 is 0 Å². The van der Waals surface area contributed by atoms with Crippen LogP contribution >= 0.6 is 0 Å². The number of carbonyl (C=O) groups excluding carboxylic acids is 1. The molecule has 2 aliphatic heterocycles. The fourth-order valence-electron chi connectivity index (χ4n) is 4.40. The molecule has 2 atom stereocenters. The van der Waals surface area contributed by atoms with Crippen LogP contribution in [0, 0.1) is 5.92 Å². The van der Waals surface area contributed by atoms with Crippen LogP contribution in [0.3, 0.4) is 0 Å². The average Bonchev–Trinajstić information content (AvgIpc) is 3.26. The lowest BCUT2D eigenvalue weighted by atomic mass is 9.94. The molecule has 6 heteroatoms. The fraction of sp³-hybridized carbons (Fsp3) is 0.435. The second-order valence-electron chi connectivity index (χ2n) is 7.46. The van der Waals surface area contributed by atoms with Gasteiger partial charge < -0.3 is 23.8 Å². The number of nitrogens with zero attached hydrogens (tertiary/aromatic N) is 1. The minimum absolute atomic E-state index is 0.00932. The highest BCUT2D eigenvalue weighted by molar-refractivity contribution is 5.81. The third-order valence-corrected chi connectivity index (χ3v) is 5.86. The van der Waals surface area contributed by atoms with Crippen molar-refractivity contribution in [3.8, 4) is 23.0 Å². The van der Waals surface area contributed by atoms with Crippen LogP contribution in [-0.2, 0) is 11.2 Å². The molecule has 0 spiro atoms. The van der Waals surface area contributed by atoms with E-state index in [0.29, 0.717) is 13.0 Å². The monoisotopic (exact) mass is 397 g/mol. The van der Waals surface area contributed by atoms with E-state index in [9.17, 15) is 4.79 Å². The molecule has 4 rings (SSSR count). The van der Waals surface area contributed by atoms with Crippen molar-refractivity contribution in [2.24, 2.45) is 5.92 Å². The van der Waals surface area contributed by atoms with Crippen molar-refractivity contribution in [2.75, 3.05) is 34.5 Å². The van der Waals surface area contributed by atoms with Crippen LogP contribution in [0.25, 0.3) is 0 Å². The average molecular weight is 397 g/mol. The maximum atomic E-state index is 13.4. The van der Waals surface area contributed by atoms with Gasteiger partial charge >= 0.3 is 0 Å². The zero-order valence-corrected chi connectivity index (χ0v) is 17.1. The number of amides is 1. The number of ether oxygens (including phenoxy) is 4. The Kier molecular flexibility index (Phi) is 5.51. The topological polar surface area (TPSA) is 57.2 Å². The number of carbonyl (C=O) groups is 1. The second kappa shape index (κ2) is 8.23. The Morgan fingerprint density at radius 3 is 2.66 bits per heavy atom. The van der Waals surface area contributed by atoms with Crippen LogP contribution in [0.5, 0.6) is 23.0 Å². The van der Waals surface area contributed by atoms with E-state index in [-0.39, 0.29) is 17.9 Å². The third-order valence-electron chi connectivity index (χ3n) is 5.86. The van der Waals surface area contributed by atoms with Gasteiger partial charge in [0.1, 0.15) is 18.1 Å². The van der Waals surface area contributed by atoms with Gasteiger partial charge in [-0.25, -0.2) is 0 Å². The van der Waals surface area contributed by atoms with Crippen LogP contribution in [0.15, 0.2) is 36.4 Å². The summed E-state index contributed by atoms with van der Waals surface area (Å²) >= 11 is 0. The molecule has 29 heavy (non-hydrogen) atoms. The molecule has 0 bridgehead atoms. The van der Waals surface area contributed by atoms with Gasteiger partial charge in [0.15, 0.2) is 11.5 Å². The van der Waals surface area contributed by atoms with Crippen molar-refractivity contribution < 1.29 is 23.7 Å². The standard InChI is InChI=1S/C23H27NO5/c1-26-17-9-10-18(21(13-17)28-3)19-7-5-11-24(19)23(25)16-12-15-6-4-8-20(27-2)22(15)29-14-16/h4,6,8-10,13,16,19H,5,7,11-12,14H2,1-3H3/t16-,19-/m0/s1. The molecular formula is C23H27NO5. The van der Waals surface area contributed by atoms with Crippen LogP contribution in [0.2, 0.25) is 0 Å². The highest BCUT2D eigenvalue weighted by Gasteiger charge is 2.37. The van der Waals surface area contributed by atoms with Gasteiger partial charge in [-0.3, -0.25) is 4.79 Å². The number of fused-ring (bicyclic) bond motifs is 1. The Morgan fingerprint density at radius 1 is 1.07 bits per heavy atom. The number of hydrogen-bond acceptors (Lipinski definition) is 5.